The molecular weight excluding hydrogens is 483 g/mol. The molecule has 1 rings (SSSR count). The zero-order valence-electron chi connectivity index (χ0n) is 11.5. The van der Waals surface area contributed by atoms with Crippen LogP contribution in [-0.4, -0.2) is 60.8 Å². The molecule has 0 spiro atoms. The van der Waals surface area contributed by atoms with Gasteiger partial charge in [0.25, 0.3) is 0 Å². The van der Waals surface area contributed by atoms with Crippen LogP contribution in [-0.2, 0) is 12.8 Å². The number of aryl methyl sites for hydroxylation is 2. The molecule has 0 saturated heterocycles. The molecule has 0 amide bonds. The van der Waals surface area contributed by atoms with Gasteiger partial charge in [-0.2, -0.15) is 0 Å². The zero-order chi connectivity index (χ0) is 15.0. The number of hydrogen-bond acceptors (Lipinski definition) is 2. The molecule has 112 valence electrons. The van der Waals surface area contributed by atoms with E-state index in [4.69, 9.17) is 0 Å². The minimum absolute atomic E-state index is 0.299. The van der Waals surface area contributed by atoms with Crippen molar-refractivity contribution in [1.82, 2.24) is 0 Å². The van der Waals surface area contributed by atoms with Gasteiger partial charge in [-0.1, -0.05) is 0 Å². The van der Waals surface area contributed by atoms with Crippen molar-refractivity contribution >= 4 is 50.6 Å². The third kappa shape index (κ3) is 5.82. The van der Waals surface area contributed by atoms with Gasteiger partial charge in [-0.15, -0.1) is 0 Å². The number of aromatic carboxylic acids is 1. The molecule has 0 aliphatic heterocycles. The van der Waals surface area contributed by atoms with Crippen molar-refractivity contribution in [2.24, 2.45) is 0 Å². The number of carboxylic acids is 1. The van der Waals surface area contributed by atoms with E-state index < -0.39 is 5.97 Å². The Bertz CT molecular complexity index is 416. The van der Waals surface area contributed by atoms with Crippen LogP contribution in [0, 0.1) is 0 Å². The Morgan fingerprint density at radius 3 is 1.75 bits per heavy atom. The van der Waals surface area contributed by atoms with Crippen molar-refractivity contribution in [2.75, 3.05) is 0 Å². The molecular formula is C15H22O3Te2. The van der Waals surface area contributed by atoms with Crippen LogP contribution in [0.3, 0.4) is 0 Å². The molecule has 0 radical (unpaired) electrons. The molecule has 5 heteroatoms. The Kier molecular flexibility index (Phi) is 8.98. The maximum atomic E-state index is 11.2. The predicted octanol–water partition coefficient (Wildman–Crippen LogP) is 2.37. The third-order valence-electron chi connectivity index (χ3n) is 3.22. The van der Waals surface area contributed by atoms with E-state index in [9.17, 15) is 15.0 Å². The van der Waals surface area contributed by atoms with E-state index in [0.717, 1.165) is 49.7 Å². The van der Waals surface area contributed by atoms with E-state index in [1.165, 1.54) is 8.94 Å². The first-order valence-corrected chi connectivity index (χ1v) is 10.5. The van der Waals surface area contributed by atoms with Gasteiger partial charge in [0.2, 0.25) is 0 Å². The maximum absolute atomic E-state index is 11.2. The number of phenolic OH excluding ortho intramolecular Hbond substituents is 1. The van der Waals surface area contributed by atoms with Crippen molar-refractivity contribution in [3.63, 3.8) is 0 Å². The van der Waals surface area contributed by atoms with Gasteiger partial charge in [0.05, 0.1) is 0 Å². The normalized spacial score (nSPS) is 10.7. The molecule has 0 unspecified atom stereocenters. The van der Waals surface area contributed by atoms with Crippen LogP contribution in [0.5, 0.6) is 5.75 Å². The number of carbonyl (C=O) groups is 1. The second-order valence-corrected chi connectivity index (χ2v) is 7.36. The minimum atomic E-state index is -0.913. The summed E-state index contributed by atoms with van der Waals surface area (Å²) in [5, 5.41) is 19.5. The molecule has 0 heterocycles. The fourth-order valence-corrected chi connectivity index (χ4v) is 3.40. The molecule has 0 aliphatic carbocycles. The SMILES string of the molecule is O=C(O)c1cc(CCCC[TeH])c(O)c(CCCC[TeH])c1. The number of carboxylic acid groups (broad SMARTS) is 1. The molecule has 0 bridgehead atoms. The summed E-state index contributed by atoms with van der Waals surface area (Å²) in [6.45, 7) is 0. The third-order valence-corrected chi connectivity index (χ3v) is 5.03. The van der Waals surface area contributed by atoms with Crippen LogP contribution in [0.15, 0.2) is 12.1 Å². The zero-order valence-corrected chi connectivity index (χ0v) is 16.6. The van der Waals surface area contributed by atoms with E-state index in [1.54, 1.807) is 56.7 Å². The van der Waals surface area contributed by atoms with Crippen LogP contribution in [0.1, 0.15) is 47.2 Å². The second-order valence-electron chi connectivity index (χ2n) is 4.81. The Morgan fingerprint density at radius 1 is 0.950 bits per heavy atom. The van der Waals surface area contributed by atoms with E-state index >= 15 is 0 Å². The van der Waals surface area contributed by atoms with Gasteiger partial charge < -0.3 is 0 Å². The van der Waals surface area contributed by atoms with Crippen LogP contribution in [0.25, 0.3) is 0 Å². The Hall–Kier alpha value is 0.0692. The number of phenols is 1. The van der Waals surface area contributed by atoms with Crippen LogP contribution >= 0.6 is 0 Å². The van der Waals surface area contributed by atoms with Crippen LogP contribution < -0.4 is 0 Å². The molecule has 0 saturated carbocycles. The van der Waals surface area contributed by atoms with Crippen LogP contribution in [0.4, 0.5) is 0 Å². The van der Waals surface area contributed by atoms with Gasteiger partial charge >= 0.3 is 148 Å². The second kappa shape index (κ2) is 9.91. The number of aromatic hydroxyl groups is 1. The van der Waals surface area contributed by atoms with Crippen molar-refractivity contribution in [3.05, 3.63) is 28.8 Å². The van der Waals surface area contributed by atoms with Gasteiger partial charge in [-0.25, -0.2) is 0 Å². The Labute approximate surface area is 147 Å². The average Bonchev–Trinajstić information content (AvgIpc) is 2.42. The molecule has 0 aliphatic rings. The Morgan fingerprint density at radius 2 is 1.40 bits per heavy atom. The van der Waals surface area contributed by atoms with Crippen molar-refractivity contribution < 1.29 is 15.0 Å². The van der Waals surface area contributed by atoms with E-state index in [0.29, 0.717) is 11.3 Å². The number of benzene rings is 1. The monoisotopic (exact) mass is 510 g/mol. The summed E-state index contributed by atoms with van der Waals surface area (Å²) in [7, 11) is 0. The van der Waals surface area contributed by atoms with Crippen molar-refractivity contribution in [3.8, 4) is 5.75 Å². The fraction of sp³-hybridized carbons (Fsp3) is 0.533. The quantitative estimate of drug-likeness (QED) is 0.400. The summed E-state index contributed by atoms with van der Waals surface area (Å²) >= 11 is 3.59. The first-order valence-electron chi connectivity index (χ1n) is 6.90. The van der Waals surface area contributed by atoms with E-state index in [2.05, 4.69) is 0 Å². The molecule has 3 nitrogen and oxygen atoms in total. The molecule has 20 heavy (non-hydrogen) atoms. The summed E-state index contributed by atoms with van der Waals surface area (Å²) in [5.41, 5.74) is 1.88. The van der Waals surface area contributed by atoms with Crippen molar-refractivity contribution in [2.45, 2.75) is 47.5 Å². The van der Waals surface area contributed by atoms with Gasteiger partial charge in [-0.3, -0.25) is 0 Å². The van der Waals surface area contributed by atoms with Crippen LogP contribution in [0.2, 0.25) is 8.94 Å². The first-order chi connectivity index (χ1) is 9.60. The van der Waals surface area contributed by atoms with E-state index in [1.807, 2.05) is 0 Å². The summed E-state index contributed by atoms with van der Waals surface area (Å²) in [6, 6.07) is 3.26. The van der Waals surface area contributed by atoms with Gasteiger partial charge in [0.15, 0.2) is 0 Å². The topological polar surface area (TPSA) is 57.5 Å². The van der Waals surface area contributed by atoms with Gasteiger partial charge in [0, 0.05) is 0 Å². The summed E-state index contributed by atoms with van der Waals surface area (Å²) in [4.78, 5) is 11.2. The first kappa shape index (κ1) is 18.1. The molecule has 0 aromatic heterocycles. The van der Waals surface area contributed by atoms with Gasteiger partial charge in [-0.05, 0) is 0 Å². The van der Waals surface area contributed by atoms with Crippen molar-refractivity contribution in [1.29, 1.82) is 0 Å². The standard InChI is InChI=1S/C15H22O3Te2/c16-14-11(5-1-3-7-19)9-13(15(17)18)10-12(14)6-2-4-8-20/h9-10,16,19-20H,1-8H2,(H,17,18). The summed E-state index contributed by atoms with van der Waals surface area (Å²) in [5.74, 6) is -0.597. The number of unbranched alkanes of at least 4 members (excludes halogenated alkanes) is 2. The fourth-order valence-electron chi connectivity index (χ4n) is 2.12. The van der Waals surface area contributed by atoms with E-state index in [-0.39, 0.29) is 0 Å². The number of rotatable bonds is 9. The average molecular weight is 506 g/mol. The molecule has 2 N–H and O–H groups in total. The predicted molar refractivity (Wildman–Crippen MR) is 84.9 cm³/mol. The molecule has 0 atom stereocenters. The van der Waals surface area contributed by atoms with Gasteiger partial charge in [0.1, 0.15) is 0 Å². The molecule has 1 aromatic rings. The summed E-state index contributed by atoms with van der Waals surface area (Å²) in [6.07, 6.45) is 5.77. The molecule has 1 aromatic carbocycles. The molecule has 0 fully saturated rings. The number of hydrogen-bond donors (Lipinski definition) is 2. The summed E-state index contributed by atoms with van der Waals surface area (Å²) < 4.78 is 2.33. The Balaban J connectivity index is 2.93.